The Morgan fingerprint density at radius 1 is 1.07 bits per heavy atom. The molecule has 42 heavy (non-hydrogen) atoms. The molecule has 0 radical (unpaired) electrons. The first-order valence-electron chi connectivity index (χ1n) is 12.7. The number of carbonyl (C=O) groups is 1. The standard InChI is InChI=1S/C26H26F3N5O3.H2O4S/c1-12-10-34(11-17(30)25(12)36)24-13-5-8-20(35)22(13)31-9-19(24)33-26(37)18-7-6-16(29)23(32-18)21-14(27)3-2-4-15(21)28;1-5(2,3)4/h2-4,6-7,9,12,17,20,25,35-36H,5,8,10-11,30H2,1H3,(H,33,37);(H2,1,2,3,4)/t12-,17+,20?,25+;/m0./s1. The number of aromatic nitrogens is 2. The number of piperidine rings is 1. The third-order valence-corrected chi connectivity index (χ3v) is 6.97. The lowest BCUT2D eigenvalue weighted by Gasteiger charge is -2.41. The van der Waals surface area contributed by atoms with Crippen LogP contribution in [0.25, 0.3) is 11.3 Å². The highest BCUT2D eigenvalue weighted by Gasteiger charge is 2.36. The van der Waals surface area contributed by atoms with E-state index in [4.69, 9.17) is 23.3 Å². The van der Waals surface area contributed by atoms with Crippen molar-refractivity contribution >= 4 is 27.7 Å². The second-order valence-corrected chi connectivity index (χ2v) is 10.9. The maximum Gasteiger partial charge on any atom is 0.394 e. The SMILES string of the molecule is C[C@H]1CN(c2c(NC(=O)c3ccc(F)c(-c4c(F)cccc4F)n3)cnc3c2CCC3O)C[C@@H](N)[C@@H]1O.O=S(=O)(O)O. The molecular weight excluding hydrogens is 583 g/mol. The van der Waals surface area contributed by atoms with E-state index in [1.54, 1.807) is 0 Å². The van der Waals surface area contributed by atoms with Gasteiger partial charge in [-0.3, -0.25) is 18.9 Å². The van der Waals surface area contributed by atoms with Gasteiger partial charge in [0.05, 0.1) is 41.0 Å². The van der Waals surface area contributed by atoms with Crippen LogP contribution in [0.1, 0.15) is 41.2 Å². The van der Waals surface area contributed by atoms with E-state index in [9.17, 15) is 28.2 Å². The number of carbonyl (C=O) groups excluding carboxylic acids is 1. The number of aliphatic hydroxyl groups is 2. The highest BCUT2D eigenvalue weighted by Crippen LogP contribution is 2.41. The van der Waals surface area contributed by atoms with Crippen LogP contribution in [0.15, 0.2) is 36.5 Å². The Bertz CT molecular complexity index is 1570. The second kappa shape index (κ2) is 12.3. The Hall–Kier alpha value is -3.67. The van der Waals surface area contributed by atoms with E-state index >= 15 is 0 Å². The molecule has 4 atom stereocenters. The van der Waals surface area contributed by atoms with Gasteiger partial charge < -0.3 is 26.2 Å². The van der Waals surface area contributed by atoms with E-state index in [1.165, 1.54) is 6.20 Å². The fourth-order valence-corrected chi connectivity index (χ4v) is 5.11. The summed E-state index contributed by atoms with van der Waals surface area (Å²) in [6.45, 7) is 2.64. The maximum absolute atomic E-state index is 14.5. The molecule has 1 saturated heterocycles. The lowest BCUT2D eigenvalue weighted by atomic mass is 9.92. The number of amides is 1. The van der Waals surface area contributed by atoms with Gasteiger partial charge in [-0.15, -0.1) is 0 Å². The molecular formula is C26H28F3N5O7S. The van der Waals surface area contributed by atoms with Gasteiger partial charge in [-0.25, -0.2) is 18.2 Å². The van der Waals surface area contributed by atoms with Crippen LogP contribution in [0.2, 0.25) is 0 Å². The van der Waals surface area contributed by atoms with Crippen molar-refractivity contribution in [3.63, 3.8) is 0 Å². The molecule has 5 rings (SSSR count). The molecule has 0 bridgehead atoms. The Labute approximate surface area is 238 Å². The van der Waals surface area contributed by atoms with Gasteiger partial charge in [-0.2, -0.15) is 8.42 Å². The monoisotopic (exact) mass is 611 g/mol. The molecule has 0 saturated carbocycles. The average molecular weight is 612 g/mol. The average Bonchev–Trinajstić information content (AvgIpc) is 3.27. The van der Waals surface area contributed by atoms with Crippen LogP contribution >= 0.6 is 0 Å². The number of aliphatic hydroxyl groups excluding tert-OH is 2. The number of anilines is 2. The highest BCUT2D eigenvalue weighted by atomic mass is 32.3. The Balaban J connectivity index is 0.000000748. The Kier molecular flexibility index (Phi) is 9.15. The normalized spacial score (nSPS) is 21.8. The molecule has 2 aromatic heterocycles. The molecule has 1 aliphatic heterocycles. The van der Waals surface area contributed by atoms with Gasteiger partial charge in [-0.1, -0.05) is 13.0 Å². The third kappa shape index (κ3) is 6.86. The molecule has 3 heterocycles. The van der Waals surface area contributed by atoms with Gasteiger partial charge in [0.25, 0.3) is 5.91 Å². The topological polar surface area (TPSA) is 199 Å². The fraction of sp³-hybridized carbons (Fsp3) is 0.346. The number of nitrogens with two attached hydrogens (primary N) is 1. The molecule has 1 aromatic carbocycles. The summed E-state index contributed by atoms with van der Waals surface area (Å²) in [5.41, 5.74) is 6.85. The summed E-state index contributed by atoms with van der Waals surface area (Å²) in [7, 11) is -4.67. The second-order valence-electron chi connectivity index (χ2n) is 10.0. The summed E-state index contributed by atoms with van der Waals surface area (Å²) in [6, 6.07) is 4.61. The third-order valence-electron chi connectivity index (χ3n) is 6.97. The lowest BCUT2D eigenvalue weighted by Crippen LogP contribution is -2.56. The highest BCUT2D eigenvalue weighted by molar-refractivity contribution is 7.79. The smallest absolute Gasteiger partial charge is 0.391 e. The molecule has 12 nitrogen and oxygen atoms in total. The van der Waals surface area contributed by atoms with Crippen molar-refractivity contribution < 1.29 is 45.7 Å². The zero-order valence-electron chi connectivity index (χ0n) is 22.1. The first-order valence-corrected chi connectivity index (χ1v) is 14.1. The van der Waals surface area contributed by atoms with Crippen LogP contribution in [0.4, 0.5) is 24.5 Å². The first-order chi connectivity index (χ1) is 19.7. The molecule has 3 aromatic rings. The van der Waals surface area contributed by atoms with E-state index in [2.05, 4.69) is 15.3 Å². The van der Waals surface area contributed by atoms with Crippen molar-refractivity contribution in [1.82, 2.24) is 9.97 Å². The molecule has 1 amide bonds. The zero-order chi connectivity index (χ0) is 30.9. The first kappa shape index (κ1) is 31.3. The number of nitrogens with zero attached hydrogens (tertiary/aromatic N) is 3. The summed E-state index contributed by atoms with van der Waals surface area (Å²) in [5.74, 6) is -3.90. The summed E-state index contributed by atoms with van der Waals surface area (Å²) < 4.78 is 74.7. The number of hydrogen-bond acceptors (Lipinski definition) is 9. The van der Waals surface area contributed by atoms with Gasteiger partial charge in [0.15, 0.2) is 0 Å². The van der Waals surface area contributed by atoms with Crippen molar-refractivity contribution in [1.29, 1.82) is 0 Å². The van der Waals surface area contributed by atoms with Gasteiger partial charge in [0.2, 0.25) is 0 Å². The number of halogens is 3. The molecule has 1 unspecified atom stereocenters. The van der Waals surface area contributed by atoms with E-state index < -0.39 is 63.3 Å². The predicted molar refractivity (Wildman–Crippen MR) is 145 cm³/mol. The van der Waals surface area contributed by atoms with Gasteiger partial charge in [0.1, 0.15) is 28.8 Å². The number of nitrogens with one attached hydrogen (secondary N) is 1. The van der Waals surface area contributed by atoms with Crippen molar-refractivity contribution in [3.05, 3.63) is 70.9 Å². The van der Waals surface area contributed by atoms with E-state index in [0.717, 1.165) is 35.9 Å². The summed E-state index contributed by atoms with van der Waals surface area (Å²) >= 11 is 0. The molecule has 2 aliphatic rings. The molecule has 1 aliphatic carbocycles. The number of hydrogen-bond donors (Lipinski definition) is 6. The summed E-state index contributed by atoms with van der Waals surface area (Å²) in [4.78, 5) is 23.4. The van der Waals surface area contributed by atoms with Crippen LogP contribution in [0, 0.1) is 23.4 Å². The Morgan fingerprint density at radius 2 is 1.71 bits per heavy atom. The van der Waals surface area contributed by atoms with Crippen molar-refractivity contribution in [2.75, 3.05) is 23.3 Å². The van der Waals surface area contributed by atoms with Gasteiger partial charge >= 0.3 is 10.4 Å². The van der Waals surface area contributed by atoms with Crippen LogP contribution in [-0.2, 0) is 16.8 Å². The van der Waals surface area contributed by atoms with Crippen LogP contribution < -0.4 is 16.0 Å². The molecule has 7 N–H and O–H groups in total. The number of fused-ring (bicyclic) bond motifs is 1. The van der Waals surface area contributed by atoms with Crippen molar-refractivity contribution in [2.45, 2.75) is 38.0 Å². The number of rotatable bonds is 4. The minimum absolute atomic E-state index is 0.153. The largest absolute Gasteiger partial charge is 0.394 e. The van der Waals surface area contributed by atoms with Crippen LogP contribution in [0.5, 0.6) is 0 Å². The molecule has 16 heteroatoms. The molecule has 1 fully saturated rings. The van der Waals surface area contributed by atoms with E-state index in [0.29, 0.717) is 43.0 Å². The minimum Gasteiger partial charge on any atom is -0.391 e. The van der Waals surface area contributed by atoms with Gasteiger partial charge in [0, 0.05) is 30.6 Å². The minimum atomic E-state index is -4.67. The number of pyridine rings is 2. The fourth-order valence-electron chi connectivity index (χ4n) is 5.11. The maximum atomic E-state index is 14.5. The van der Waals surface area contributed by atoms with E-state index in [1.807, 2.05) is 11.8 Å². The van der Waals surface area contributed by atoms with Crippen molar-refractivity contribution in [2.24, 2.45) is 11.7 Å². The summed E-state index contributed by atoms with van der Waals surface area (Å²) in [5, 5.41) is 23.4. The zero-order valence-corrected chi connectivity index (χ0v) is 22.9. The quantitative estimate of drug-likeness (QED) is 0.237. The molecule has 0 spiro atoms. The van der Waals surface area contributed by atoms with E-state index in [-0.39, 0.29) is 11.6 Å². The van der Waals surface area contributed by atoms with Crippen molar-refractivity contribution in [3.8, 4) is 11.3 Å². The Morgan fingerprint density at radius 3 is 2.33 bits per heavy atom. The van der Waals surface area contributed by atoms with Crippen LogP contribution in [-0.4, -0.2) is 68.8 Å². The van der Waals surface area contributed by atoms with Gasteiger partial charge in [-0.05, 0) is 37.1 Å². The summed E-state index contributed by atoms with van der Waals surface area (Å²) in [6.07, 6.45) is 0.994. The van der Waals surface area contributed by atoms with Crippen LogP contribution in [0.3, 0.4) is 0 Å². The molecule has 226 valence electrons. The number of benzene rings is 1. The lowest BCUT2D eigenvalue weighted by molar-refractivity contribution is 0.0784. The predicted octanol–water partition coefficient (Wildman–Crippen LogP) is 2.28.